The fourth-order valence-electron chi connectivity index (χ4n) is 1.77. The number of aryl methyl sites for hydroxylation is 1. The van der Waals surface area contributed by atoms with Crippen molar-refractivity contribution in [2.45, 2.75) is 18.4 Å². The summed E-state index contributed by atoms with van der Waals surface area (Å²) in [6, 6.07) is 5.82. The Labute approximate surface area is 85.9 Å². The second-order valence-electron chi connectivity index (χ2n) is 3.31. The molecule has 1 aromatic carbocycles. The fourth-order valence-corrected chi connectivity index (χ4v) is 2.18. The minimum atomic E-state index is -1.03. The Morgan fingerprint density at radius 1 is 1.54 bits per heavy atom. The SMILES string of the molecule is C#CC1(O)CCc2cc(Br)ccc21. The van der Waals surface area contributed by atoms with Crippen LogP contribution in [-0.4, -0.2) is 5.11 Å². The number of hydrogen-bond acceptors (Lipinski definition) is 1. The maximum absolute atomic E-state index is 9.99. The Hall–Kier alpha value is -0.780. The molecule has 0 aliphatic heterocycles. The molecule has 0 bridgehead atoms. The van der Waals surface area contributed by atoms with E-state index in [0.29, 0.717) is 6.42 Å². The molecule has 0 aromatic heterocycles. The van der Waals surface area contributed by atoms with Crippen molar-refractivity contribution in [2.24, 2.45) is 0 Å². The van der Waals surface area contributed by atoms with Gasteiger partial charge < -0.3 is 5.11 Å². The van der Waals surface area contributed by atoms with E-state index >= 15 is 0 Å². The van der Waals surface area contributed by atoms with Gasteiger partial charge in [-0.2, -0.15) is 0 Å². The third kappa shape index (κ3) is 1.29. The van der Waals surface area contributed by atoms with Gasteiger partial charge in [0.15, 0.2) is 5.60 Å². The first kappa shape index (κ1) is 8.80. The van der Waals surface area contributed by atoms with Gasteiger partial charge in [0.05, 0.1) is 0 Å². The molecule has 0 heterocycles. The number of hydrogen-bond donors (Lipinski definition) is 1. The zero-order valence-corrected chi connectivity index (χ0v) is 8.63. The van der Waals surface area contributed by atoms with E-state index in [-0.39, 0.29) is 0 Å². The number of benzene rings is 1. The standard InChI is InChI=1S/C11H9BrO/c1-2-11(13)6-5-8-7-9(12)3-4-10(8)11/h1,3-4,7,13H,5-6H2. The summed E-state index contributed by atoms with van der Waals surface area (Å²) in [5, 5.41) is 9.99. The predicted octanol–water partition coefficient (Wildman–Crippen LogP) is 2.22. The molecule has 1 N–H and O–H groups in total. The van der Waals surface area contributed by atoms with Crippen molar-refractivity contribution in [3.63, 3.8) is 0 Å². The van der Waals surface area contributed by atoms with Crippen molar-refractivity contribution >= 4 is 15.9 Å². The number of terminal acetylenes is 1. The first-order valence-corrected chi connectivity index (χ1v) is 4.94. The monoisotopic (exact) mass is 236 g/mol. The minimum Gasteiger partial charge on any atom is -0.373 e. The average Bonchev–Trinajstić information content (AvgIpc) is 2.45. The molecule has 1 aliphatic rings. The lowest BCUT2D eigenvalue weighted by molar-refractivity contribution is 0.103. The molecular weight excluding hydrogens is 228 g/mol. The van der Waals surface area contributed by atoms with Crippen molar-refractivity contribution in [1.29, 1.82) is 0 Å². The Morgan fingerprint density at radius 2 is 2.31 bits per heavy atom. The first-order valence-electron chi connectivity index (χ1n) is 4.15. The van der Waals surface area contributed by atoms with Crippen molar-refractivity contribution in [3.8, 4) is 12.3 Å². The highest BCUT2D eigenvalue weighted by atomic mass is 79.9. The molecule has 0 fully saturated rings. The highest BCUT2D eigenvalue weighted by Gasteiger charge is 2.34. The lowest BCUT2D eigenvalue weighted by Gasteiger charge is -2.15. The molecule has 1 aromatic rings. The predicted molar refractivity (Wildman–Crippen MR) is 55.2 cm³/mol. The van der Waals surface area contributed by atoms with Crippen LogP contribution in [0.4, 0.5) is 0 Å². The van der Waals surface area contributed by atoms with Crippen LogP contribution in [-0.2, 0) is 12.0 Å². The normalized spacial score (nSPS) is 25.3. The van der Waals surface area contributed by atoms with Crippen LogP contribution in [0.3, 0.4) is 0 Å². The van der Waals surface area contributed by atoms with Crippen LogP contribution in [0.1, 0.15) is 17.5 Å². The molecule has 1 nitrogen and oxygen atoms in total. The van der Waals surface area contributed by atoms with Gasteiger partial charge in [0, 0.05) is 4.47 Å². The largest absolute Gasteiger partial charge is 0.373 e. The molecule has 13 heavy (non-hydrogen) atoms. The van der Waals surface area contributed by atoms with Crippen molar-refractivity contribution in [1.82, 2.24) is 0 Å². The lowest BCUT2D eigenvalue weighted by Crippen LogP contribution is -2.18. The Balaban J connectivity index is 2.57. The van der Waals surface area contributed by atoms with E-state index in [2.05, 4.69) is 21.9 Å². The third-order valence-electron chi connectivity index (χ3n) is 2.51. The topological polar surface area (TPSA) is 20.2 Å². The molecule has 1 aliphatic carbocycles. The second-order valence-corrected chi connectivity index (χ2v) is 4.22. The van der Waals surface area contributed by atoms with E-state index in [0.717, 1.165) is 22.0 Å². The number of fused-ring (bicyclic) bond motifs is 1. The van der Waals surface area contributed by atoms with Crippen LogP contribution in [0, 0.1) is 12.3 Å². The lowest BCUT2D eigenvalue weighted by atomic mass is 9.97. The Morgan fingerprint density at radius 3 is 3.00 bits per heavy atom. The van der Waals surface area contributed by atoms with Gasteiger partial charge >= 0.3 is 0 Å². The van der Waals surface area contributed by atoms with E-state index in [1.807, 2.05) is 18.2 Å². The van der Waals surface area contributed by atoms with Crippen LogP contribution >= 0.6 is 15.9 Å². The van der Waals surface area contributed by atoms with E-state index in [1.54, 1.807) is 0 Å². The van der Waals surface area contributed by atoms with Crippen LogP contribution in [0.25, 0.3) is 0 Å². The molecule has 1 atom stereocenters. The molecule has 1 unspecified atom stereocenters. The number of rotatable bonds is 0. The highest BCUT2D eigenvalue weighted by molar-refractivity contribution is 9.10. The highest BCUT2D eigenvalue weighted by Crippen LogP contribution is 2.37. The summed E-state index contributed by atoms with van der Waals surface area (Å²) in [5.41, 5.74) is 1.00. The van der Waals surface area contributed by atoms with E-state index < -0.39 is 5.60 Å². The quantitative estimate of drug-likeness (QED) is 0.686. The molecule has 0 spiro atoms. The maximum Gasteiger partial charge on any atom is 0.151 e. The smallest absolute Gasteiger partial charge is 0.151 e. The Kier molecular flexibility index (Phi) is 1.94. The van der Waals surface area contributed by atoms with Gasteiger partial charge in [0.25, 0.3) is 0 Å². The fraction of sp³-hybridized carbons (Fsp3) is 0.273. The van der Waals surface area contributed by atoms with Crippen LogP contribution in [0.5, 0.6) is 0 Å². The summed E-state index contributed by atoms with van der Waals surface area (Å²) in [5.74, 6) is 2.46. The van der Waals surface area contributed by atoms with Gasteiger partial charge in [-0.1, -0.05) is 27.9 Å². The minimum absolute atomic E-state index is 0.634. The van der Waals surface area contributed by atoms with Crippen LogP contribution in [0.2, 0.25) is 0 Å². The number of halogens is 1. The summed E-state index contributed by atoms with van der Waals surface area (Å²) in [6.45, 7) is 0. The van der Waals surface area contributed by atoms with Gasteiger partial charge in [-0.05, 0) is 36.1 Å². The summed E-state index contributed by atoms with van der Waals surface area (Å²) in [4.78, 5) is 0. The molecule has 0 radical (unpaired) electrons. The van der Waals surface area contributed by atoms with Gasteiger partial charge in [-0.3, -0.25) is 0 Å². The first-order chi connectivity index (χ1) is 6.15. The van der Waals surface area contributed by atoms with E-state index in [9.17, 15) is 5.11 Å². The molecule has 0 saturated heterocycles. The van der Waals surface area contributed by atoms with Crippen molar-refractivity contribution < 1.29 is 5.11 Å². The van der Waals surface area contributed by atoms with E-state index in [4.69, 9.17) is 6.42 Å². The molecule has 2 rings (SSSR count). The van der Waals surface area contributed by atoms with Gasteiger partial charge in [-0.15, -0.1) is 6.42 Å². The third-order valence-corrected chi connectivity index (χ3v) is 3.00. The maximum atomic E-state index is 9.99. The van der Waals surface area contributed by atoms with Gasteiger partial charge in [0.2, 0.25) is 0 Å². The van der Waals surface area contributed by atoms with Gasteiger partial charge in [0.1, 0.15) is 0 Å². The molecule has 66 valence electrons. The summed E-state index contributed by atoms with van der Waals surface area (Å²) in [7, 11) is 0. The second kappa shape index (κ2) is 2.87. The zero-order valence-electron chi connectivity index (χ0n) is 7.05. The Bertz CT molecular complexity index is 392. The molecule has 0 saturated carbocycles. The van der Waals surface area contributed by atoms with Crippen molar-refractivity contribution in [2.75, 3.05) is 0 Å². The summed E-state index contributed by atoms with van der Waals surface area (Å²) < 4.78 is 1.03. The summed E-state index contributed by atoms with van der Waals surface area (Å²) >= 11 is 3.39. The molecule has 2 heteroatoms. The summed E-state index contributed by atoms with van der Waals surface area (Å²) in [6.07, 6.45) is 6.80. The average molecular weight is 237 g/mol. The van der Waals surface area contributed by atoms with Crippen LogP contribution < -0.4 is 0 Å². The molecule has 0 amide bonds. The molecular formula is C11H9BrO. The zero-order chi connectivity index (χ0) is 9.47. The number of aliphatic hydroxyl groups is 1. The van der Waals surface area contributed by atoms with E-state index in [1.165, 1.54) is 0 Å². The van der Waals surface area contributed by atoms with Gasteiger partial charge in [-0.25, -0.2) is 0 Å². The van der Waals surface area contributed by atoms with Crippen molar-refractivity contribution in [3.05, 3.63) is 33.8 Å². The van der Waals surface area contributed by atoms with Crippen LogP contribution in [0.15, 0.2) is 22.7 Å².